The first-order valence-corrected chi connectivity index (χ1v) is 10.6. The summed E-state index contributed by atoms with van der Waals surface area (Å²) in [5.41, 5.74) is 0.703. The molecule has 0 aromatic carbocycles. The summed E-state index contributed by atoms with van der Waals surface area (Å²) in [4.78, 5) is 31.7. The summed E-state index contributed by atoms with van der Waals surface area (Å²) in [5.74, 6) is 1.28. The molecule has 0 spiro atoms. The number of hydrogen-bond donors (Lipinski definition) is 0. The van der Waals surface area contributed by atoms with Gasteiger partial charge in [0.1, 0.15) is 4.70 Å². The minimum atomic E-state index is -0.0151. The number of hydrogen-bond acceptors (Lipinski definition) is 5. The van der Waals surface area contributed by atoms with Crippen LogP contribution in [0.15, 0.2) is 21.4 Å². The van der Waals surface area contributed by atoms with Gasteiger partial charge in [0.05, 0.1) is 11.3 Å². The first-order chi connectivity index (χ1) is 11.8. The second-order valence-corrected chi connectivity index (χ2v) is 8.81. The lowest BCUT2D eigenvalue weighted by atomic mass is 10.1. The summed E-state index contributed by atoms with van der Waals surface area (Å²) in [7, 11) is 0. The minimum absolute atomic E-state index is 0.0151. The Morgan fingerprint density at radius 3 is 2.48 bits per heavy atom. The van der Waals surface area contributed by atoms with Gasteiger partial charge in [0.15, 0.2) is 5.16 Å². The zero-order chi connectivity index (χ0) is 18.6. The Morgan fingerprint density at radius 1 is 1.28 bits per heavy atom. The molecule has 0 aliphatic carbocycles. The van der Waals surface area contributed by atoms with Gasteiger partial charge in [-0.1, -0.05) is 39.5 Å². The minimum Gasteiger partial charge on any atom is -0.341 e. The van der Waals surface area contributed by atoms with Crippen LogP contribution < -0.4 is 5.56 Å². The predicted molar refractivity (Wildman–Crippen MR) is 107 cm³/mol. The van der Waals surface area contributed by atoms with Crippen LogP contribution in [0.3, 0.4) is 0 Å². The number of carbonyl (C=O) groups is 1. The van der Waals surface area contributed by atoms with Crippen LogP contribution in [0.25, 0.3) is 10.2 Å². The third kappa shape index (κ3) is 5.07. The number of thiophene rings is 1. The van der Waals surface area contributed by atoms with Gasteiger partial charge in [-0.2, -0.15) is 0 Å². The maximum atomic E-state index is 12.7. The van der Waals surface area contributed by atoms with Crippen LogP contribution >= 0.6 is 23.1 Å². The molecule has 2 heterocycles. The van der Waals surface area contributed by atoms with E-state index in [0.29, 0.717) is 34.0 Å². The number of aromatic nitrogens is 2. The second-order valence-electron chi connectivity index (χ2n) is 6.95. The standard InChI is InChI=1S/C18H27N3O2S2/c1-6-21-17(23)16-14(7-8-24-16)19-18(21)25-11-15(22)20(9-12(2)3)10-13(4)5/h7-8,12-13H,6,9-11H2,1-5H3. The molecular weight excluding hydrogens is 354 g/mol. The fraction of sp³-hybridized carbons (Fsp3) is 0.611. The molecule has 0 saturated heterocycles. The first-order valence-electron chi connectivity index (χ1n) is 8.72. The van der Waals surface area contributed by atoms with Gasteiger partial charge in [0.25, 0.3) is 5.56 Å². The zero-order valence-electron chi connectivity index (χ0n) is 15.6. The zero-order valence-corrected chi connectivity index (χ0v) is 17.2. The molecule has 7 heteroatoms. The van der Waals surface area contributed by atoms with Crippen LogP contribution in [-0.4, -0.2) is 39.2 Å². The Kier molecular flexibility index (Phi) is 7.07. The molecule has 2 rings (SSSR count). The maximum absolute atomic E-state index is 12.7. The van der Waals surface area contributed by atoms with E-state index in [1.165, 1.54) is 23.1 Å². The molecule has 0 aliphatic rings. The molecule has 0 saturated carbocycles. The van der Waals surface area contributed by atoms with E-state index in [1.54, 1.807) is 4.57 Å². The lowest BCUT2D eigenvalue weighted by Crippen LogP contribution is -2.38. The Morgan fingerprint density at radius 2 is 1.92 bits per heavy atom. The van der Waals surface area contributed by atoms with E-state index >= 15 is 0 Å². The van der Waals surface area contributed by atoms with Gasteiger partial charge >= 0.3 is 0 Å². The summed E-state index contributed by atoms with van der Waals surface area (Å²) in [6.45, 7) is 12.5. The second kappa shape index (κ2) is 8.85. The van der Waals surface area contributed by atoms with Crippen LogP contribution in [0.4, 0.5) is 0 Å². The molecule has 0 radical (unpaired) electrons. The molecule has 1 amide bonds. The predicted octanol–water partition coefficient (Wildman–Crippen LogP) is 3.71. The highest BCUT2D eigenvalue weighted by Crippen LogP contribution is 2.21. The van der Waals surface area contributed by atoms with Crippen LogP contribution in [0, 0.1) is 11.8 Å². The summed E-state index contributed by atoms with van der Waals surface area (Å²) in [6.07, 6.45) is 0. The van der Waals surface area contributed by atoms with Crippen LogP contribution in [0.5, 0.6) is 0 Å². The van der Waals surface area contributed by atoms with E-state index in [-0.39, 0.29) is 11.5 Å². The maximum Gasteiger partial charge on any atom is 0.272 e. The molecular formula is C18H27N3O2S2. The van der Waals surface area contributed by atoms with Gasteiger partial charge in [-0.05, 0) is 30.2 Å². The first kappa shape index (κ1) is 20.0. The average Bonchev–Trinajstić information content (AvgIpc) is 3.00. The van der Waals surface area contributed by atoms with Crippen molar-refractivity contribution in [1.29, 1.82) is 0 Å². The summed E-state index contributed by atoms with van der Waals surface area (Å²) in [6, 6.07) is 1.86. The van der Waals surface area contributed by atoms with Gasteiger partial charge in [-0.15, -0.1) is 11.3 Å². The molecule has 138 valence electrons. The molecule has 0 N–H and O–H groups in total. The van der Waals surface area contributed by atoms with Gasteiger partial charge in [0.2, 0.25) is 5.91 Å². The quantitative estimate of drug-likeness (QED) is 0.517. The Bertz CT molecular complexity index is 770. The molecule has 2 aromatic heterocycles. The van der Waals surface area contributed by atoms with Crippen molar-refractivity contribution in [2.45, 2.75) is 46.3 Å². The van der Waals surface area contributed by atoms with E-state index in [1.807, 2.05) is 23.3 Å². The highest BCUT2D eigenvalue weighted by molar-refractivity contribution is 7.99. The summed E-state index contributed by atoms with van der Waals surface area (Å²) < 4.78 is 2.34. The van der Waals surface area contributed by atoms with Crippen molar-refractivity contribution < 1.29 is 4.79 Å². The van der Waals surface area contributed by atoms with E-state index < -0.39 is 0 Å². The van der Waals surface area contributed by atoms with Crippen molar-refractivity contribution in [2.24, 2.45) is 11.8 Å². The highest BCUT2D eigenvalue weighted by atomic mass is 32.2. The van der Waals surface area contributed by atoms with Crippen LogP contribution in [-0.2, 0) is 11.3 Å². The van der Waals surface area contributed by atoms with E-state index in [0.717, 1.165) is 18.6 Å². The number of rotatable bonds is 8. The van der Waals surface area contributed by atoms with Crippen molar-refractivity contribution in [3.05, 3.63) is 21.8 Å². The van der Waals surface area contributed by atoms with E-state index in [2.05, 4.69) is 32.7 Å². The van der Waals surface area contributed by atoms with E-state index in [9.17, 15) is 9.59 Å². The van der Waals surface area contributed by atoms with Gasteiger partial charge in [-0.25, -0.2) is 4.98 Å². The Hall–Kier alpha value is -1.34. The summed E-state index contributed by atoms with van der Waals surface area (Å²) in [5, 5.41) is 2.51. The number of fused-ring (bicyclic) bond motifs is 1. The number of thioether (sulfide) groups is 1. The molecule has 2 aromatic rings. The van der Waals surface area contributed by atoms with Gasteiger partial charge < -0.3 is 4.90 Å². The van der Waals surface area contributed by atoms with Crippen molar-refractivity contribution in [3.63, 3.8) is 0 Å². The van der Waals surface area contributed by atoms with E-state index in [4.69, 9.17) is 0 Å². The normalized spacial score (nSPS) is 11.6. The Balaban J connectivity index is 2.17. The molecule has 0 aliphatic heterocycles. The van der Waals surface area contributed by atoms with Crippen molar-refractivity contribution >= 4 is 39.2 Å². The molecule has 0 fully saturated rings. The lowest BCUT2D eigenvalue weighted by Gasteiger charge is -2.26. The molecule has 5 nitrogen and oxygen atoms in total. The smallest absolute Gasteiger partial charge is 0.272 e. The lowest BCUT2D eigenvalue weighted by molar-refractivity contribution is -0.129. The van der Waals surface area contributed by atoms with Gasteiger partial charge in [-0.3, -0.25) is 14.2 Å². The number of carbonyl (C=O) groups excluding carboxylic acids is 1. The highest BCUT2D eigenvalue weighted by Gasteiger charge is 2.18. The van der Waals surface area contributed by atoms with Crippen molar-refractivity contribution in [1.82, 2.24) is 14.5 Å². The fourth-order valence-electron chi connectivity index (χ4n) is 2.69. The number of nitrogens with zero attached hydrogens (tertiary/aromatic N) is 3. The average molecular weight is 382 g/mol. The summed E-state index contributed by atoms with van der Waals surface area (Å²) >= 11 is 2.77. The van der Waals surface area contributed by atoms with Crippen molar-refractivity contribution in [2.75, 3.05) is 18.8 Å². The van der Waals surface area contributed by atoms with Crippen LogP contribution in [0.1, 0.15) is 34.6 Å². The SMILES string of the molecule is CCn1c(SCC(=O)N(CC(C)C)CC(C)C)nc2ccsc2c1=O. The largest absolute Gasteiger partial charge is 0.341 e. The molecule has 0 unspecified atom stereocenters. The Labute approximate surface area is 157 Å². The molecule has 25 heavy (non-hydrogen) atoms. The van der Waals surface area contributed by atoms with Gasteiger partial charge in [0, 0.05) is 19.6 Å². The van der Waals surface area contributed by atoms with Crippen LogP contribution in [0.2, 0.25) is 0 Å². The topological polar surface area (TPSA) is 55.2 Å². The van der Waals surface area contributed by atoms with Crippen molar-refractivity contribution in [3.8, 4) is 0 Å². The molecule has 0 atom stereocenters. The third-order valence-electron chi connectivity index (χ3n) is 3.70. The third-order valence-corrected chi connectivity index (χ3v) is 5.55. The number of amides is 1. The molecule has 0 bridgehead atoms. The fourth-order valence-corrected chi connectivity index (χ4v) is 4.43. The monoisotopic (exact) mass is 381 g/mol.